The Labute approximate surface area is 92.0 Å². The van der Waals surface area contributed by atoms with E-state index < -0.39 is 0 Å². The van der Waals surface area contributed by atoms with Crippen molar-refractivity contribution in [2.24, 2.45) is 0 Å². The summed E-state index contributed by atoms with van der Waals surface area (Å²) in [5.74, 6) is 0. The monoisotopic (exact) mass is 214 g/mol. The first-order valence-electron chi connectivity index (χ1n) is 5.67. The minimum Gasteiger partial charge on any atom is -0.383 e. The van der Waals surface area contributed by atoms with Crippen molar-refractivity contribution in [1.29, 1.82) is 0 Å². The topological polar surface area (TPSA) is 41.6 Å². The predicted molar refractivity (Wildman–Crippen MR) is 59.9 cm³/mol. The van der Waals surface area contributed by atoms with E-state index in [1.54, 1.807) is 12.0 Å². The summed E-state index contributed by atoms with van der Waals surface area (Å²) >= 11 is 0. The van der Waals surface area contributed by atoms with Crippen LogP contribution in [-0.2, 0) is 4.74 Å². The molecule has 1 atom stereocenters. The minimum absolute atomic E-state index is 0.0199. The number of carbonyl (C=O) groups excluding carboxylic acids is 1. The van der Waals surface area contributed by atoms with Crippen LogP contribution in [0.15, 0.2) is 0 Å². The SMILES string of the molecule is COCC(C)N(C)C(=O)NC1CCCC1. The maximum atomic E-state index is 11.8. The van der Waals surface area contributed by atoms with Crippen molar-refractivity contribution in [3.8, 4) is 0 Å². The number of likely N-dealkylation sites (N-methyl/N-ethyl adjacent to an activating group) is 1. The third kappa shape index (κ3) is 3.70. The number of nitrogens with zero attached hydrogens (tertiary/aromatic N) is 1. The molecule has 1 N–H and O–H groups in total. The molecule has 15 heavy (non-hydrogen) atoms. The van der Waals surface area contributed by atoms with Gasteiger partial charge in [-0.25, -0.2) is 4.79 Å². The molecule has 0 aromatic carbocycles. The summed E-state index contributed by atoms with van der Waals surface area (Å²) in [6.45, 7) is 2.56. The third-order valence-electron chi connectivity index (χ3n) is 3.07. The highest BCUT2D eigenvalue weighted by Crippen LogP contribution is 2.17. The fraction of sp³-hybridized carbons (Fsp3) is 0.909. The molecular weight excluding hydrogens is 192 g/mol. The van der Waals surface area contributed by atoms with Gasteiger partial charge < -0.3 is 15.0 Å². The molecule has 1 fully saturated rings. The highest BCUT2D eigenvalue weighted by molar-refractivity contribution is 5.74. The minimum atomic E-state index is 0.0199. The van der Waals surface area contributed by atoms with Gasteiger partial charge in [0, 0.05) is 20.2 Å². The first-order chi connectivity index (χ1) is 7.15. The van der Waals surface area contributed by atoms with Crippen molar-refractivity contribution >= 4 is 6.03 Å². The van der Waals surface area contributed by atoms with Crippen molar-refractivity contribution in [2.45, 2.75) is 44.7 Å². The van der Waals surface area contributed by atoms with Gasteiger partial charge in [-0.3, -0.25) is 0 Å². The summed E-state index contributed by atoms with van der Waals surface area (Å²) in [7, 11) is 3.47. The van der Waals surface area contributed by atoms with Gasteiger partial charge in [0.2, 0.25) is 0 Å². The van der Waals surface area contributed by atoms with Crippen molar-refractivity contribution in [2.75, 3.05) is 20.8 Å². The lowest BCUT2D eigenvalue weighted by molar-refractivity contribution is 0.122. The maximum absolute atomic E-state index is 11.8. The molecule has 1 unspecified atom stereocenters. The number of hydrogen-bond donors (Lipinski definition) is 1. The van der Waals surface area contributed by atoms with Crippen LogP contribution in [0.1, 0.15) is 32.6 Å². The first-order valence-corrected chi connectivity index (χ1v) is 5.67. The number of rotatable bonds is 4. The van der Waals surface area contributed by atoms with Crippen LogP contribution >= 0.6 is 0 Å². The van der Waals surface area contributed by atoms with Crippen molar-refractivity contribution in [3.05, 3.63) is 0 Å². The van der Waals surface area contributed by atoms with Gasteiger partial charge in [-0.1, -0.05) is 12.8 Å². The Morgan fingerprint density at radius 2 is 2.13 bits per heavy atom. The Balaban J connectivity index is 2.31. The van der Waals surface area contributed by atoms with E-state index in [-0.39, 0.29) is 12.1 Å². The molecule has 1 rings (SSSR count). The lowest BCUT2D eigenvalue weighted by atomic mass is 10.2. The molecule has 4 heteroatoms. The zero-order valence-electron chi connectivity index (χ0n) is 9.95. The predicted octanol–water partition coefficient (Wildman–Crippen LogP) is 1.61. The summed E-state index contributed by atoms with van der Waals surface area (Å²) in [5, 5.41) is 3.05. The number of methoxy groups -OCH3 is 1. The molecule has 4 nitrogen and oxygen atoms in total. The molecule has 88 valence electrons. The largest absolute Gasteiger partial charge is 0.383 e. The van der Waals surface area contributed by atoms with Gasteiger partial charge in [0.1, 0.15) is 0 Å². The quantitative estimate of drug-likeness (QED) is 0.772. The summed E-state index contributed by atoms with van der Waals surface area (Å²) in [5.41, 5.74) is 0. The van der Waals surface area contributed by atoms with Crippen LogP contribution in [0, 0.1) is 0 Å². The van der Waals surface area contributed by atoms with Crippen LogP contribution in [0.3, 0.4) is 0 Å². The summed E-state index contributed by atoms with van der Waals surface area (Å²) < 4.78 is 5.02. The molecule has 0 heterocycles. The fourth-order valence-corrected chi connectivity index (χ4v) is 1.90. The average Bonchev–Trinajstić information content (AvgIpc) is 2.69. The summed E-state index contributed by atoms with van der Waals surface area (Å²) in [6, 6.07) is 0.526. The lowest BCUT2D eigenvalue weighted by Crippen LogP contribution is -2.47. The zero-order valence-corrected chi connectivity index (χ0v) is 9.95. The van der Waals surface area contributed by atoms with Crippen LogP contribution in [0.25, 0.3) is 0 Å². The Hall–Kier alpha value is -0.770. The first kappa shape index (κ1) is 12.3. The molecule has 0 spiro atoms. The van der Waals surface area contributed by atoms with E-state index in [1.807, 2.05) is 14.0 Å². The highest BCUT2D eigenvalue weighted by atomic mass is 16.5. The normalized spacial score (nSPS) is 18.9. The summed E-state index contributed by atoms with van der Waals surface area (Å²) in [6.07, 6.45) is 4.72. The van der Waals surface area contributed by atoms with E-state index in [0.717, 1.165) is 12.8 Å². The van der Waals surface area contributed by atoms with Gasteiger partial charge in [0.25, 0.3) is 0 Å². The Morgan fingerprint density at radius 1 is 1.53 bits per heavy atom. The Morgan fingerprint density at radius 3 is 2.67 bits per heavy atom. The average molecular weight is 214 g/mol. The molecule has 0 aromatic heterocycles. The van der Waals surface area contributed by atoms with Crippen LogP contribution in [0.2, 0.25) is 0 Å². The maximum Gasteiger partial charge on any atom is 0.317 e. The molecule has 0 aromatic rings. The second-order valence-electron chi connectivity index (χ2n) is 4.35. The van der Waals surface area contributed by atoms with Crippen molar-refractivity contribution < 1.29 is 9.53 Å². The van der Waals surface area contributed by atoms with Crippen LogP contribution in [-0.4, -0.2) is 43.8 Å². The van der Waals surface area contributed by atoms with E-state index in [1.165, 1.54) is 12.8 Å². The number of urea groups is 1. The fourth-order valence-electron chi connectivity index (χ4n) is 1.90. The smallest absolute Gasteiger partial charge is 0.317 e. The molecule has 0 bridgehead atoms. The molecule has 2 amide bonds. The standard InChI is InChI=1S/C11H22N2O2/c1-9(8-15-3)13(2)11(14)12-10-6-4-5-7-10/h9-10H,4-8H2,1-3H3,(H,12,14). The van der Waals surface area contributed by atoms with Gasteiger partial charge in [0.15, 0.2) is 0 Å². The highest BCUT2D eigenvalue weighted by Gasteiger charge is 2.21. The van der Waals surface area contributed by atoms with Crippen LogP contribution in [0.5, 0.6) is 0 Å². The second-order valence-corrected chi connectivity index (χ2v) is 4.35. The van der Waals surface area contributed by atoms with Crippen LogP contribution in [0.4, 0.5) is 4.79 Å². The van der Waals surface area contributed by atoms with Gasteiger partial charge in [-0.2, -0.15) is 0 Å². The molecule has 1 saturated carbocycles. The summed E-state index contributed by atoms with van der Waals surface area (Å²) in [4.78, 5) is 13.5. The molecular formula is C11H22N2O2. The number of amides is 2. The van der Waals surface area contributed by atoms with E-state index in [0.29, 0.717) is 12.6 Å². The van der Waals surface area contributed by atoms with Crippen LogP contribution < -0.4 is 5.32 Å². The van der Waals surface area contributed by atoms with Gasteiger partial charge in [-0.05, 0) is 19.8 Å². The van der Waals surface area contributed by atoms with Crippen molar-refractivity contribution in [3.63, 3.8) is 0 Å². The van der Waals surface area contributed by atoms with E-state index >= 15 is 0 Å². The molecule has 0 aliphatic heterocycles. The van der Waals surface area contributed by atoms with E-state index in [2.05, 4.69) is 5.32 Å². The lowest BCUT2D eigenvalue weighted by Gasteiger charge is -2.26. The Kier molecular flexibility index (Phi) is 4.88. The Bertz CT molecular complexity index is 203. The van der Waals surface area contributed by atoms with Gasteiger partial charge >= 0.3 is 6.03 Å². The van der Waals surface area contributed by atoms with E-state index in [9.17, 15) is 4.79 Å². The number of nitrogens with one attached hydrogen (secondary N) is 1. The van der Waals surface area contributed by atoms with Gasteiger partial charge in [0.05, 0.1) is 12.6 Å². The van der Waals surface area contributed by atoms with E-state index in [4.69, 9.17) is 4.74 Å². The number of ether oxygens (including phenoxy) is 1. The third-order valence-corrected chi connectivity index (χ3v) is 3.07. The molecule has 0 radical (unpaired) electrons. The van der Waals surface area contributed by atoms with Gasteiger partial charge in [-0.15, -0.1) is 0 Å². The molecule has 1 aliphatic carbocycles. The zero-order chi connectivity index (χ0) is 11.3. The molecule has 0 saturated heterocycles. The van der Waals surface area contributed by atoms with Crippen molar-refractivity contribution in [1.82, 2.24) is 10.2 Å². The second kappa shape index (κ2) is 5.95. The molecule has 1 aliphatic rings. The number of hydrogen-bond acceptors (Lipinski definition) is 2. The number of carbonyl (C=O) groups is 1.